The quantitative estimate of drug-likeness (QED) is 0.671. The number of amides is 1. The number of carbonyl (C=O) groups excluding carboxylic acids is 1. The van der Waals surface area contributed by atoms with Gasteiger partial charge in [0.2, 0.25) is 0 Å². The molecule has 8 nitrogen and oxygen atoms in total. The van der Waals surface area contributed by atoms with Gasteiger partial charge >= 0.3 is 6.09 Å². The maximum atomic E-state index is 11.9. The smallest absolute Gasteiger partial charge is 0.407 e. The Morgan fingerprint density at radius 2 is 1.90 bits per heavy atom. The van der Waals surface area contributed by atoms with Crippen molar-refractivity contribution >= 4 is 28.5 Å². The summed E-state index contributed by atoms with van der Waals surface area (Å²) in [5, 5.41) is 6.38. The van der Waals surface area contributed by atoms with Crippen molar-refractivity contribution in [1.29, 1.82) is 0 Å². The predicted molar refractivity (Wildman–Crippen MR) is 116 cm³/mol. The topological polar surface area (TPSA) is 92.3 Å². The van der Waals surface area contributed by atoms with E-state index in [1.807, 2.05) is 51.2 Å². The minimum absolute atomic E-state index is 0.0694. The van der Waals surface area contributed by atoms with Crippen molar-refractivity contribution in [3.8, 4) is 0 Å². The van der Waals surface area contributed by atoms with Crippen molar-refractivity contribution in [1.82, 2.24) is 20.3 Å². The lowest BCUT2D eigenvalue weighted by molar-refractivity contribution is 0.0496. The summed E-state index contributed by atoms with van der Waals surface area (Å²) in [7, 11) is 0. The molecule has 1 aromatic carbocycles. The van der Waals surface area contributed by atoms with Gasteiger partial charge in [0.15, 0.2) is 0 Å². The Hall–Kier alpha value is -3.42. The van der Waals surface area contributed by atoms with Gasteiger partial charge < -0.3 is 20.3 Å². The highest BCUT2D eigenvalue weighted by molar-refractivity contribution is 5.75. The largest absolute Gasteiger partial charge is 0.444 e. The number of alkyl carbamates (subject to hydrolysis) is 1. The number of carbonyl (C=O) groups is 1. The zero-order valence-corrected chi connectivity index (χ0v) is 17.4. The number of nitrogens with one attached hydrogen (secondary N) is 2. The third kappa shape index (κ3) is 4.76. The molecule has 3 heterocycles. The van der Waals surface area contributed by atoms with Gasteiger partial charge in [0.05, 0.1) is 34.6 Å². The minimum Gasteiger partial charge on any atom is -0.444 e. The molecule has 0 radical (unpaired) electrons. The number of nitrogens with zero attached hydrogens (tertiary/aromatic N) is 4. The fraction of sp³-hybridized carbons (Fsp3) is 0.364. The monoisotopic (exact) mass is 406 g/mol. The molecule has 0 unspecified atom stereocenters. The van der Waals surface area contributed by atoms with E-state index in [-0.39, 0.29) is 12.1 Å². The van der Waals surface area contributed by atoms with Gasteiger partial charge in [-0.2, -0.15) is 0 Å². The molecule has 2 N–H and O–H groups in total. The summed E-state index contributed by atoms with van der Waals surface area (Å²) in [6.07, 6.45) is 6.62. The number of benzene rings is 1. The highest BCUT2D eigenvalue weighted by Crippen LogP contribution is 2.29. The highest BCUT2D eigenvalue weighted by atomic mass is 16.6. The van der Waals surface area contributed by atoms with Crippen LogP contribution in [0.5, 0.6) is 0 Å². The molecule has 0 atom stereocenters. The van der Waals surface area contributed by atoms with Gasteiger partial charge in [-0.3, -0.25) is 15.0 Å². The molecule has 1 amide bonds. The van der Waals surface area contributed by atoms with Crippen molar-refractivity contribution in [2.75, 3.05) is 23.3 Å². The lowest BCUT2D eigenvalue weighted by Gasteiger charge is -2.42. The fourth-order valence-corrected chi connectivity index (χ4v) is 3.36. The SMILES string of the molecule is CC(C)(C)OC(=O)NC1CN(c2ccncc2NCc2ccc3nccnc3c2)C1. The Labute approximate surface area is 175 Å². The Balaban J connectivity index is 1.36. The van der Waals surface area contributed by atoms with Gasteiger partial charge in [-0.05, 0) is 44.5 Å². The van der Waals surface area contributed by atoms with E-state index in [2.05, 4.69) is 30.5 Å². The lowest BCUT2D eigenvalue weighted by atomic mass is 10.1. The Kier molecular flexibility index (Phi) is 5.39. The van der Waals surface area contributed by atoms with Crippen LogP contribution < -0.4 is 15.5 Å². The van der Waals surface area contributed by atoms with E-state index in [1.54, 1.807) is 18.6 Å². The van der Waals surface area contributed by atoms with Crippen LogP contribution in [0.2, 0.25) is 0 Å². The zero-order chi connectivity index (χ0) is 21.1. The second kappa shape index (κ2) is 8.14. The molecule has 1 aliphatic rings. The summed E-state index contributed by atoms with van der Waals surface area (Å²) in [6, 6.07) is 8.12. The van der Waals surface area contributed by atoms with Crippen LogP contribution >= 0.6 is 0 Å². The first-order valence-electron chi connectivity index (χ1n) is 9.99. The van der Waals surface area contributed by atoms with E-state index in [9.17, 15) is 4.79 Å². The van der Waals surface area contributed by atoms with Crippen LogP contribution in [0.15, 0.2) is 49.1 Å². The fourth-order valence-electron chi connectivity index (χ4n) is 3.36. The first-order chi connectivity index (χ1) is 14.4. The van der Waals surface area contributed by atoms with Crippen LogP contribution in [0.3, 0.4) is 0 Å². The summed E-state index contributed by atoms with van der Waals surface area (Å²) < 4.78 is 5.33. The molecule has 0 saturated carbocycles. The number of fused-ring (bicyclic) bond motifs is 1. The third-order valence-electron chi connectivity index (χ3n) is 4.76. The van der Waals surface area contributed by atoms with Crippen LogP contribution in [0.4, 0.5) is 16.2 Å². The molecule has 156 valence electrons. The van der Waals surface area contributed by atoms with E-state index in [0.717, 1.165) is 41.1 Å². The second-order valence-corrected chi connectivity index (χ2v) is 8.37. The molecule has 1 saturated heterocycles. The van der Waals surface area contributed by atoms with E-state index in [1.165, 1.54) is 0 Å². The number of anilines is 2. The third-order valence-corrected chi connectivity index (χ3v) is 4.76. The van der Waals surface area contributed by atoms with Crippen LogP contribution in [0.25, 0.3) is 11.0 Å². The molecular formula is C22H26N6O2. The zero-order valence-electron chi connectivity index (χ0n) is 17.4. The Morgan fingerprint density at radius 3 is 2.67 bits per heavy atom. The molecule has 1 aliphatic heterocycles. The normalized spacial score (nSPS) is 14.3. The number of pyridine rings is 1. The van der Waals surface area contributed by atoms with Crippen molar-refractivity contribution in [2.24, 2.45) is 0 Å². The number of hydrogen-bond acceptors (Lipinski definition) is 7. The molecule has 2 aromatic heterocycles. The van der Waals surface area contributed by atoms with E-state index >= 15 is 0 Å². The average Bonchev–Trinajstić information content (AvgIpc) is 2.68. The first-order valence-corrected chi connectivity index (χ1v) is 9.99. The maximum Gasteiger partial charge on any atom is 0.407 e. The van der Waals surface area contributed by atoms with E-state index in [4.69, 9.17) is 4.74 Å². The molecular weight excluding hydrogens is 380 g/mol. The summed E-state index contributed by atoms with van der Waals surface area (Å²) in [4.78, 5) is 27.1. The van der Waals surface area contributed by atoms with Crippen LogP contribution in [0, 0.1) is 0 Å². The van der Waals surface area contributed by atoms with Crippen LogP contribution in [-0.4, -0.2) is 45.8 Å². The molecule has 4 rings (SSSR count). The Bertz CT molecular complexity index is 1040. The standard InChI is InChI=1S/C22H26N6O2/c1-22(2,3)30-21(29)27-16-13-28(14-16)20-6-7-23-12-19(20)26-11-15-4-5-17-18(10-15)25-9-8-24-17/h4-10,12,16,26H,11,13-14H2,1-3H3,(H,27,29). The summed E-state index contributed by atoms with van der Waals surface area (Å²) in [6.45, 7) is 7.68. The van der Waals surface area contributed by atoms with Gasteiger partial charge in [0.25, 0.3) is 0 Å². The van der Waals surface area contributed by atoms with Crippen LogP contribution in [-0.2, 0) is 11.3 Å². The lowest BCUT2D eigenvalue weighted by Crippen LogP contribution is -2.60. The first kappa shape index (κ1) is 19.9. The molecule has 30 heavy (non-hydrogen) atoms. The number of aromatic nitrogens is 3. The summed E-state index contributed by atoms with van der Waals surface area (Å²) >= 11 is 0. The molecule has 0 bridgehead atoms. The van der Waals surface area contributed by atoms with Crippen molar-refractivity contribution in [3.63, 3.8) is 0 Å². The molecule has 0 spiro atoms. The molecule has 0 aliphatic carbocycles. The van der Waals surface area contributed by atoms with Gasteiger partial charge in [0, 0.05) is 38.2 Å². The van der Waals surface area contributed by atoms with Crippen molar-refractivity contribution in [2.45, 2.75) is 39.0 Å². The number of ether oxygens (including phenoxy) is 1. The van der Waals surface area contributed by atoms with Crippen LogP contribution in [0.1, 0.15) is 26.3 Å². The summed E-state index contributed by atoms with van der Waals surface area (Å²) in [5.41, 5.74) is 4.39. The number of hydrogen-bond donors (Lipinski definition) is 2. The average molecular weight is 406 g/mol. The number of rotatable bonds is 5. The van der Waals surface area contributed by atoms with E-state index in [0.29, 0.717) is 6.54 Å². The molecule has 3 aromatic rings. The van der Waals surface area contributed by atoms with Gasteiger partial charge in [-0.15, -0.1) is 0 Å². The summed E-state index contributed by atoms with van der Waals surface area (Å²) in [5.74, 6) is 0. The predicted octanol–water partition coefficient (Wildman–Crippen LogP) is 3.35. The van der Waals surface area contributed by atoms with Gasteiger partial charge in [0.1, 0.15) is 5.60 Å². The van der Waals surface area contributed by atoms with Crippen molar-refractivity contribution in [3.05, 3.63) is 54.6 Å². The van der Waals surface area contributed by atoms with E-state index < -0.39 is 5.60 Å². The maximum absolute atomic E-state index is 11.9. The second-order valence-electron chi connectivity index (χ2n) is 8.37. The molecule has 8 heteroatoms. The Morgan fingerprint density at radius 1 is 1.13 bits per heavy atom. The highest BCUT2D eigenvalue weighted by Gasteiger charge is 2.31. The minimum atomic E-state index is -0.496. The van der Waals surface area contributed by atoms with Gasteiger partial charge in [-0.1, -0.05) is 6.07 Å². The van der Waals surface area contributed by atoms with Gasteiger partial charge in [-0.25, -0.2) is 4.79 Å². The van der Waals surface area contributed by atoms with Crippen molar-refractivity contribution < 1.29 is 9.53 Å². The molecule has 1 fully saturated rings.